The van der Waals surface area contributed by atoms with E-state index in [-0.39, 0.29) is 5.91 Å². The minimum Gasteiger partial charge on any atom is -0.457 e. The number of hydrogen-bond acceptors (Lipinski definition) is 3. The second-order valence-corrected chi connectivity index (χ2v) is 6.55. The van der Waals surface area contributed by atoms with Crippen LogP contribution in [-0.2, 0) is 0 Å². The van der Waals surface area contributed by atoms with E-state index in [1.165, 1.54) is 0 Å². The van der Waals surface area contributed by atoms with E-state index >= 15 is 0 Å². The van der Waals surface area contributed by atoms with Gasteiger partial charge in [-0.05, 0) is 48.5 Å². The number of carbonyl (C=O) groups excluding carboxylic acids is 1. The number of benzene rings is 3. The second-order valence-electron chi connectivity index (χ2n) is 5.49. The molecule has 4 heteroatoms. The molecule has 3 aromatic carbocycles. The molecule has 0 heterocycles. The largest absolute Gasteiger partial charge is 0.457 e. The molecule has 0 fully saturated rings. The number of rotatable bonds is 7. The fourth-order valence-electron chi connectivity index (χ4n) is 2.36. The summed E-state index contributed by atoms with van der Waals surface area (Å²) in [5, 5.41) is 2.93. The van der Waals surface area contributed by atoms with Crippen LogP contribution in [-0.4, -0.2) is 11.7 Å². The van der Waals surface area contributed by atoms with Crippen molar-refractivity contribution >= 4 is 23.4 Å². The molecule has 0 spiro atoms. The average molecular weight is 361 g/mol. The van der Waals surface area contributed by atoms with Crippen LogP contribution < -0.4 is 10.1 Å². The van der Waals surface area contributed by atoms with E-state index in [1.807, 2.05) is 84.9 Å². The summed E-state index contributed by atoms with van der Waals surface area (Å²) in [4.78, 5) is 13.5. The fraction of sp³-hybridized carbons (Fsp3) is 0.0455. The van der Waals surface area contributed by atoms with Gasteiger partial charge in [0.1, 0.15) is 11.5 Å². The number of amides is 1. The summed E-state index contributed by atoms with van der Waals surface area (Å²) in [6.45, 7) is 3.72. The summed E-state index contributed by atoms with van der Waals surface area (Å²) in [7, 11) is 0. The Morgan fingerprint density at radius 3 is 2.31 bits per heavy atom. The van der Waals surface area contributed by atoms with Gasteiger partial charge in [-0.25, -0.2) is 0 Å². The standard InChI is InChI=1S/C22H19NO2S/c1-2-16-26-21-11-7-6-10-20(21)22(24)23-17-12-14-19(15-13-17)25-18-8-4-3-5-9-18/h2-15H,1,16H2,(H,23,24). The third-order valence-corrected chi connectivity index (χ3v) is 4.65. The monoisotopic (exact) mass is 361 g/mol. The van der Waals surface area contributed by atoms with Crippen molar-refractivity contribution in [1.82, 2.24) is 0 Å². The topological polar surface area (TPSA) is 38.3 Å². The average Bonchev–Trinajstić information content (AvgIpc) is 2.69. The number of ether oxygens (including phenoxy) is 1. The van der Waals surface area contributed by atoms with E-state index < -0.39 is 0 Å². The number of para-hydroxylation sites is 1. The molecule has 26 heavy (non-hydrogen) atoms. The zero-order valence-corrected chi connectivity index (χ0v) is 15.0. The highest BCUT2D eigenvalue weighted by Gasteiger charge is 2.11. The lowest BCUT2D eigenvalue weighted by Crippen LogP contribution is -2.12. The van der Waals surface area contributed by atoms with Crippen LogP contribution in [0.25, 0.3) is 0 Å². The highest BCUT2D eigenvalue weighted by atomic mass is 32.2. The van der Waals surface area contributed by atoms with E-state index in [4.69, 9.17) is 4.74 Å². The molecule has 0 aliphatic carbocycles. The van der Waals surface area contributed by atoms with Crippen molar-refractivity contribution < 1.29 is 9.53 Å². The van der Waals surface area contributed by atoms with Crippen molar-refractivity contribution in [2.45, 2.75) is 4.90 Å². The Labute approximate surface area is 157 Å². The molecule has 3 nitrogen and oxygen atoms in total. The van der Waals surface area contributed by atoms with Gasteiger partial charge in [0, 0.05) is 16.3 Å². The first-order valence-corrected chi connectivity index (χ1v) is 9.22. The van der Waals surface area contributed by atoms with Crippen LogP contribution in [0.5, 0.6) is 11.5 Å². The van der Waals surface area contributed by atoms with Crippen molar-refractivity contribution in [1.29, 1.82) is 0 Å². The van der Waals surface area contributed by atoms with Crippen LogP contribution in [0.2, 0.25) is 0 Å². The van der Waals surface area contributed by atoms with Crippen molar-refractivity contribution in [3.63, 3.8) is 0 Å². The highest BCUT2D eigenvalue weighted by Crippen LogP contribution is 2.25. The Balaban J connectivity index is 1.67. The Hall–Kier alpha value is -2.98. The first-order chi connectivity index (χ1) is 12.8. The van der Waals surface area contributed by atoms with E-state index in [0.717, 1.165) is 27.8 Å². The predicted molar refractivity (Wildman–Crippen MR) is 108 cm³/mol. The van der Waals surface area contributed by atoms with Gasteiger partial charge in [0.05, 0.1) is 5.56 Å². The molecule has 3 rings (SSSR count). The SMILES string of the molecule is C=CCSc1ccccc1C(=O)Nc1ccc(Oc2ccccc2)cc1. The first-order valence-electron chi connectivity index (χ1n) is 8.23. The normalized spacial score (nSPS) is 10.2. The molecule has 0 aliphatic rings. The summed E-state index contributed by atoms with van der Waals surface area (Å²) in [6.07, 6.45) is 1.82. The van der Waals surface area contributed by atoms with Gasteiger partial charge in [-0.3, -0.25) is 4.79 Å². The third-order valence-electron chi connectivity index (χ3n) is 3.58. The fourth-order valence-corrected chi connectivity index (χ4v) is 3.15. The number of nitrogens with one attached hydrogen (secondary N) is 1. The Bertz CT molecular complexity index is 876. The van der Waals surface area contributed by atoms with Crippen LogP contribution >= 0.6 is 11.8 Å². The van der Waals surface area contributed by atoms with Gasteiger partial charge in [0.25, 0.3) is 5.91 Å². The van der Waals surface area contributed by atoms with Crippen molar-refractivity contribution in [3.8, 4) is 11.5 Å². The number of anilines is 1. The molecule has 0 atom stereocenters. The number of hydrogen-bond donors (Lipinski definition) is 1. The van der Waals surface area contributed by atoms with E-state index in [1.54, 1.807) is 11.8 Å². The Morgan fingerprint density at radius 2 is 1.58 bits per heavy atom. The summed E-state index contributed by atoms with van der Waals surface area (Å²) in [6, 6.07) is 24.5. The van der Waals surface area contributed by atoms with Crippen LogP contribution in [0, 0.1) is 0 Å². The molecular weight excluding hydrogens is 342 g/mol. The lowest BCUT2D eigenvalue weighted by molar-refractivity contribution is 0.102. The lowest BCUT2D eigenvalue weighted by atomic mass is 10.2. The van der Waals surface area contributed by atoms with Crippen LogP contribution in [0.1, 0.15) is 10.4 Å². The molecule has 0 aromatic heterocycles. The Morgan fingerprint density at radius 1 is 0.923 bits per heavy atom. The molecule has 0 bridgehead atoms. The summed E-state index contributed by atoms with van der Waals surface area (Å²) < 4.78 is 5.76. The van der Waals surface area contributed by atoms with Crippen molar-refractivity contribution in [3.05, 3.63) is 97.1 Å². The van der Waals surface area contributed by atoms with Gasteiger partial charge < -0.3 is 10.1 Å². The van der Waals surface area contributed by atoms with Gasteiger partial charge in [0.15, 0.2) is 0 Å². The minimum atomic E-state index is -0.131. The van der Waals surface area contributed by atoms with Gasteiger partial charge >= 0.3 is 0 Å². The van der Waals surface area contributed by atoms with Gasteiger partial charge in [-0.2, -0.15) is 0 Å². The maximum absolute atomic E-state index is 12.6. The number of thioether (sulfide) groups is 1. The first kappa shape index (κ1) is 17.8. The molecule has 0 aliphatic heterocycles. The molecule has 0 saturated heterocycles. The van der Waals surface area contributed by atoms with Crippen LogP contribution in [0.4, 0.5) is 5.69 Å². The van der Waals surface area contributed by atoms with Crippen LogP contribution in [0.3, 0.4) is 0 Å². The zero-order valence-electron chi connectivity index (χ0n) is 14.2. The maximum Gasteiger partial charge on any atom is 0.256 e. The minimum absolute atomic E-state index is 0.131. The molecule has 0 saturated carbocycles. The van der Waals surface area contributed by atoms with Gasteiger partial charge in [0.2, 0.25) is 0 Å². The lowest BCUT2D eigenvalue weighted by Gasteiger charge is -2.10. The van der Waals surface area contributed by atoms with E-state index in [2.05, 4.69) is 11.9 Å². The van der Waals surface area contributed by atoms with Crippen molar-refractivity contribution in [2.75, 3.05) is 11.1 Å². The summed E-state index contributed by atoms with van der Waals surface area (Å²) in [5.74, 6) is 2.12. The molecular formula is C22H19NO2S. The van der Waals surface area contributed by atoms with E-state index in [9.17, 15) is 4.79 Å². The second kappa shape index (κ2) is 8.92. The molecule has 0 radical (unpaired) electrons. The van der Waals surface area contributed by atoms with Gasteiger partial charge in [-0.15, -0.1) is 18.3 Å². The molecule has 3 aromatic rings. The van der Waals surface area contributed by atoms with Gasteiger partial charge in [-0.1, -0.05) is 36.4 Å². The zero-order chi connectivity index (χ0) is 18.2. The van der Waals surface area contributed by atoms with E-state index in [0.29, 0.717) is 5.56 Å². The quantitative estimate of drug-likeness (QED) is 0.414. The third kappa shape index (κ3) is 4.77. The highest BCUT2D eigenvalue weighted by molar-refractivity contribution is 7.99. The predicted octanol–water partition coefficient (Wildman–Crippen LogP) is 6.01. The van der Waals surface area contributed by atoms with Crippen LogP contribution in [0.15, 0.2) is 96.4 Å². The maximum atomic E-state index is 12.6. The summed E-state index contributed by atoms with van der Waals surface area (Å²) in [5.41, 5.74) is 1.38. The summed E-state index contributed by atoms with van der Waals surface area (Å²) >= 11 is 1.59. The number of carbonyl (C=O) groups is 1. The molecule has 1 amide bonds. The molecule has 0 unspecified atom stereocenters. The van der Waals surface area contributed by atoms with Crippen molar-refractivity contribution in [2.24, 2.45) is 0 Å². The Kier molecular flexibility index (Phi) is 6.12. The smallest absolute Gasteiger partial charge is 0.256 e. The molecule has 1 N–H and O–H groups in total. The molecule has 130 valence electrons.